The van der Waals surface area contributed by atoms with Crippen molar-refractivity contribution in [2.75, 3.05) is 53.9 Å². The third kappa shape index (κ3) is 3.71. The molecule has 1 aliphatic heterocycles. The Morgan fingerprint density at radius 1 is 1.25 bits per heavy atom. The zero-order valence-electron chi connectivity index (χ0n) is 14.7. The fourth-order valence-corrected chi connectivity index (χ4v) is 2.99. The van der Waals surface area contributed by atoms with E-state index in [9.17, 15) is 4.79 Å². The largest absolute Gasteiger partial charge is 0.415 e. The van der Waals surface area contributed by atoms with Crippen LogP contribution < -0.4 is 4.74 Å². The molecule has 1 aromatic heterocycles. The number of ether oxygens (including phenoxy) is 1. The maximum Gasteiger partial charge on any atom is 0.415 e. The number of fused-ring (bicyclic) bond motifs is 1. The van der Waals surface area contributed by atoms with Crippen LogP contribution in [0.25, 0.3) is 10.9 Å². The first-order chi connectivity index (χ1) is 11.5. The minimum absolute atomic E-state index is 0.254. The number of H-pyrrole nitrogens is 1. The molecule has 0 bridgehead atoms. The number of hydrogen-bond donors (Lipinski definition) is 1. The Morgan fingerprint density at radius 3 is 2.71 bits per heavy atom. The molecule has 2 heterocycles. The highest BCUT2D eigenvalue weighted by Crippen LogP contribution is 2.29. The zero-order valence-corrected chi connectivity index (χ0v) is 14.7. The molecule has 0 spiro atoms. The number of aromatic amines is 1. The van der Waals surface area contributed by atoms with Gasteiger partial charge in [-0.25, -0.2) is 4.79 Å². The van der Waals surface area contributed by atoms with E-state index in [1.54, 1.807) is 4.90 Å². The predicted octanol–water partition coefficient (Wildman–Crippen LogP) is 2.02. The van der Waals surface area contributed by atoms with E-state index < -0.39 is 0 Å². The van der Waals surface area contributed by atoms with Crippen molar-refractivity contribution in [3.63, 3.8) is 0 Å². The highest BCUT2D eigenvalue weighted by Gasteiger charge is 2.22. The number of piperazine rings is 1. The molecule has 1 fully saturated rings. The molecule has 0 aliphatic carbocycles. The van der Waals surface area contributed by atoms with Crippen molar-refractivity contribution >= 4 is 17.0 Å². The van der Waals surface area contributed by atoms with E-state index in [0.29, 0.717) is 18.8 Å². The fourth-order valence-electron chi connectivity index (χ4n) is 2.99. The first-order valence-corrected chi connectivity index (χ1v) is 8.43. The summed E-state index contributed by atoms with van der Waals surface area (Å²) in [5, 5.41) is 1.02. The molecule has 6 heteroatoms. The van der Waals surface area contributed by atoms with Crippen LogP contribution in [-0.4, -0.2) is 79.6 Å². The number of benzene rings is 1. The summed E-state index contributed by atoms with van der Waals surface area (Å²) in [6.07, 6.45) is 2.67. The van der Waals surface area contributed by atoms with Crippen LogP contribution in [0.3, 0.4) is 0 Å². The lowest BCUT2D eigenvalue weighted by Crippen LogP contribution is -2.48. The lowest BCUT2D eigenvalue weighted by molar-refractivity contribution is 0.121. The van der Waals surface area contributed by atoms with Crippen LogP contribution in [0.5, 0.6) is 5.75 Å². The maximum atomic E-state index is 12.5. The van der Waals surface area contributed by atoms with E-state index in [1.807, 2.05) is 24.4 Å². The van der Waals surface area contributed by atoms with Crippen LogP contribution in [0.2, 0.25) is 0 Å². The number of carbonyl (C=O) groups is 1. The average molecular weight is 330 g/mol. The van der Waals surface area contributed by atoms with Crippen molar-refractivity contribution in [1.82, 2.24) is 19.7 Å². The normalized spacial score (nSPS) is 16.1. The van der Waals surface area contributed by atoms with Gasteiger partial charge in [0.25, 0.3) is 0 Å². The summed E-state index contributed by atoms with van der Waals surface area (Å²) in [6.45, 7) is 4.15. The third-order valence-electron chi connectivity index (χ3n) is 4.54. The second-order valence-electron chi connectivity index (χ2n) is 6.70. The molecule has 3 rings (SSSR count). The molecule has 1 aromatic carbocycles. The molecule has 6 nitrogen and oxygen atoms in total. The molecule has 0 unspecified atom stereocenters. The van der Waals surface area contributed by atoms with E-state index in [1.165, 1.54) is 5.56 Å². The Kier molecular flexibility index (Phi) is 5.06. The molecule has 0 saturated carbocycles. The smallest absolute Gasteiger partial charge is 0.409 e. The number of amides is 1. The molecule has 1 amide bonds. The summed E-state index contributed by atoms with van der Waals surface area (Å²) in [5.74, 6) is 0.645. The van der Waals surface area contributed by atoms with Gasteiger partial charge in [-0.1, -0.05) is 6.07 Å². The summed E-state index contributed by atoms with van der Waals surface area (Å²) in [4.78, 5) is 21.9. The minimum atomic E-state index is -0.254. The summed E-state index contributed by atoms with van der Waals surface area (Å²) >= 11 is 0. The summed E-state index contributed by atoms with van der Waals surface area (Å²) in [5.41, 5.74) is 2.19. The van der Waals surface area contributed by atoms with Crippen LogP contribution in [0.1, 0.15) is 5.56 Å². The first kappa shape index (κ1) is 16.8. The van der Waals surface area contributed by atoms with Crippen molar-refractivity contribution in [3.8, 4) is 5.75 Å². The van der Waals surface area contributed by atoms with Crippen molar-refractivity contribution in [2.45, 2.75) is 6.42 Å². The molecule has 1 aliphatic rings. The summed E-state index contributed by atoms with van der Waals surface area (Å²) in [6, 6.07) is 5.81. The van der Waals surface area contributed by atoms with Gasteiger partial charge in [-0.05, 0) is 45.3 Å². The van der Waals surface area contributed by atoms with Crippen LogP contribution >= 0.6 is 0 Å². The Balaban J connectivity index is 1.78. The molecule has 0 atom stereocenters. The van der Waals surface area contributed by atoms with E-state index >= 15 is 0 Å². The summed E-state index contributed by atoms with van der Waals surface area (Å²) in [7, 11) is 6.19. The molecule has 2 aromatic rings. The fraction of sp³-hybridized carbons (Fsp3) is 0.500. The van der Waals surface area contributed by atoms with Gasteiger partial charge in [-0.2, -0.15) is 0 Å². The van der Waals surface area contributed by atoms with Crippen molar-refractivity contribution < 1.29 is 9.53 Å². The van der Waals surface area contributed by atoms with Crippen molar-refractivity contribution in [2.24, 2.45) is 0 Å². The highest BCUT2D eigenvalue weighted by atomic mass is 16.6. The topological polar surface area (TPSA) is 51.8 Å². The quantitative estimate of drug-likeness (QED) is 0.932. The Morgan fingerprint density at radius 2 is 2.00 bits per heavy atom. The highest BCUT2D eigenvalue weighted by molar-refractivity contribution is 5.91. The number of nitrogens with one attached hydrogen (secondary N) is 1. The number of likely N-dealkylation sites (N-methyl/N-ethyl adjacent to an activating group) is 2. The van der Waals surface area contributed by atoms with Gasteiger partial charge in [0, 0.05) is 49.8 Å². The Bertz CT molecular complexity index is 702. The number of nitrogens with zero attached hydrogens (tertiary/aromatic N) is 3. The second kappa shape index (κ2) is 7.23. The van der Waals surface area contributed by atoms with Crippen LogP contribution in [0.15, 0.2) is 24.4 Å². The van der Waals surface area contributed by atoms with Crippen LogP contribution in [0, 0.1) is 0 Å². The van der Waals surface area contributed by atoms with Gasteiger partial charge in [0.05, 0.1) is 0 Å². The second-order valence-corrected chi connectivity index (χ2v) is 6.70. The molecular formula is C18H26N4O2. The number of carbonyl (C=O) groups excluding carboxylic acids is 1. The predicted molar refractivity (Wildman–Crippen MR) is 95.7 cm³/mol. The SMILES string of the molecule is CN(C)CCc1c[nH]c2cccc(OC(=O)N3CCN(C)CC3)c12. The first-order valence-electron chi connectivity index (χ1n) is 8.43. The van der Waals surface area contributed by atoms with Gasteiger partial charge in [0.15, 0.2) is 0 Å². The molecule has 24 heavy (non-hydrogen) atoms. The van der Waals surface area contributed by atoms with E-state index in [-0.39, 0.29) is 6.09 Å². The monoisotopic (exact) mass is 330 g/mol. The average Bonchev–Trinajstić information content (AvgIpc) is 2.97. The number of hydrogen-bond acceptors (Lipinski definition) is 4. The lowest BCUT2D eigenvalue weighted by atomic mass is 10.1. The van der Waals surface area contributed by atoms with Crippen LogP contribution in [0.4, 0.5) is 4.79 Å². The molecule has 0 radical (unpaired) electrons. The van der Waals surface area contributed by atoms with Gasteiger partial charge in [-0.3, -0.25) is 0 Å². The molecule has 1 saturated heterocycles. The molecular weight excluding hydrogens is 304 g/mol. The van der Waals surface area contributed by atoms with Gasteiger partial charge in [0.1, 0.15) is 5.75 Å². The van der Waals surface area contributed by atoms with Gasteiger partial charge in [-0.15, -0.1) is 0 Å². The number of aromatic nitrogens is 1. The zero-order chi connectivity index (χ0) is 17.1. The van der Waals surface area contributed by atoms with Gasteiger partial charge in [0.2, 0.25) is 0 Å². The van der Waals surface area contributed by atoms with Gasteiger partial charge < -0.3 is 24.4 Å². The number of rotatable bonds is 4. The minimum Gasteiger partial charge on any atom is -0.409 e. The van der Waals surface area contributed by atoms with Crippen LogP contribution in [-0.2, 0) is 6.42 Å². The van der Waals surface area contributed by atoms with E-state index in [2.05, 4.69) is 35.9 Å². The van der Waals surface area contributed by atoms with E-state index in [0.717, 1.165) is 37.0 Å². The maximum absolute atomic E-state index is 12.5. The summed E-state index contributed by atoms with van der Waals surface area (Å²) < 4.78 is 5.74. The van der Waals surface area contributed by atoms with Gasteiger partial charge >= 0.3 is 6.09 Å². The third-order valence-corrected chi connectivity index (χ3v) is 4.54. The molecule has 1 N–H and O–H groups in total. The van der Waals surface area contributed by atoms with E-state index in [4.69, 9.17) is 4.74 Å². The van der Waals surface area contributed by atoms with Crippen molar-refractivity contribution in [1.29, 1.82) is 0 Å². The Hall–Kier alpha value is -2.05. The van der Waals surface area contributed by atoms with Crippen molar-refractivity contribution in [3.05, 3.63) is 30.0 Å². The molecule has 130 valence electrons. The lowest BCUT2D eigenvalue weighted by Gasteiger charge is -2.31. The standard InChI is InChI=1S/C18H26N4O2/c1-20(2)8-7-14-13-19-15-5-4-6-16(17(14)15)24-18(23)22-11-9-21(3)10-12-22/h4-6,13,19H,7-12H2,1-3H3. The Labute approximate surface area is 143 Å².